The maximum absolute atomic E-state index is 14.1. The molecule has 0 unspecified atom stereocenters. The van der Waals surface area contributed by atoms with Gasteiger partial charge in [0.05, 0.1) is 21.7 Å². The van der Waals surface area contributed by atoms with Crippen LogP contribution >= 0.6 is 11.6 Å². The summed E-state index contributed by atoms with van der Waals surface area (Å²) in [6.45, 7) is 1.62. The first-order valence-corrected chi connectivity index (χ1v) is 6.25. The summed E-state index contributed by atoms with van der Waals surface area (Å²) in [6.07, 6.45) is 0. The lowest BCUT2D eigenvalue weighted by Crippen LogP contribution is -2.03. The number of aromatic nitrogens is 2. The second-order valence-electron chi connectivity index (χ2n) is 4.47. The largest absolute Gasteiger partial charge is 0.369 e. The van der Waals surface area contributed by atoms with Crippen LogP contribution in [0.15, 0.2) is 30.3 Å². The van der Waals surface area contributed by atoms with Gasteiger partial charge in [-0.1, -0.05) is 17.7 Å². The van der Waals surface area contributed by atoms with Crippen LogP contribution in [0.5, 0.6) is 0 Å². The number of fused-ring (bicyclic) bond motifs is 1. The number of rotatable bonds is 1. The Morgan fingerprint density at radius 2 is 2.00 bits per heavy atom. The summed E-state index contributed by atoms with van der Waals surface area (Å²) in [5.41, 5.74) is 7.34. The van der Waals surface area contributed by atoms with Gasteiger partial charge in [0.25, 0.3) is 0 Å². The van der Waals surface area contributed by atoms with E-state index in [0.29, 0.717) is 16.6 Å². The first-order chi connectivity index (χ1) is 9.49. The number of nitrogen functional groups attached to an aromatic ring is 1. The van der Waals surface area contributed by atoms with Gasteiger partial charge >= 0.3 is 0 Å². The zero-order chi connectivity index (χ0) is 14.4. The number of imidazole rings is 1. The Morgan fingerprint density at radius 3 is 2.75 bits per heavy atom. The fraction of sp³-hybridized carbons (Fsp3) is 0.0714. The predicted octanol–water partition coefficient (Wildman–Crippen LogP) is 3.85. The van der Waals surface area contributed by atoms with Gasteiger partial charge in [-0.25, -0.2) is 13.8 Å². The number of aryl methyl sites for hydroxylation is 1. The van der Waals surface area contributed by atoms with Crippen LogP contribution in [-0.2, 0) is 0 Å². The molecule has 1 heterocycles. The van der Waals surface area contributed by atoms with Gasteiger partial charge < -0.3 is 5.73 Å². The quantitative estimate of drug-likeness (QED) is 0.740. The van der Waals surface area contributed by atoms with Crippen LogP contribution in [0, 0.1) is 18.6 Å². The van der Waals surface area contributed by atoms with Crippen molar-refractivity contribution in [3.63, 3.8) is 0 Å². The van der Waals surface area contributed by atoms with Gasteiger partial charge in [0.1, 0.15) is 5.82 Å². The Hall–Kier alpha value is -2.14. The average molecular weight is 294 g/mol. The Kier molecular flexibility index (Phi) is 2.87. The van der Waals surface area contributed by atoms with E-state index in [1.54, 1.807) is 19.1 Å². The summed E-state index contributed by atoms with van der Waals surface area (Å²) in [7, 11) is 0. The van der Waals surface area contributed by atoms with Crippen molar-refractivity contribution in [3.8, 4) is 5.69 Å². The third kappa shape index (κ3) is 1.82. The maximum Gasteiger partial charge on any atom is 0.206 e. The number of hydrogen-bond donors (Lipinski definition) is 1. The molecule has 102 valence electrons. The molecular formula is C14H10ClF2N3. The number of nitrogens with two attached hydrogens (primary N) is 1. The van der Waals surface area contributed by atoms with Gasteiger partial charge in [-0.15, -0.1) is 0 Å². The number of benzene rings is 2. The van der Waals surface area contributed by atoms with Crippen molar-refractivity contribution >= 4 is 28.6 Å². The number of hydrogen-bond acceptors (Lipinski definition) is 2. The lowest BCUT2D eigenvalue weighted by atomic mass is 10.2. The van der Waals surface area contributed by atoms with Gasteiger partial charge in [-0.3, -0.25) is 4.57 Å². The van der Waals surface area contributed by atoms with Crippen LogP contribution < -0.4 is 5.73 Å². The van der Waals surface area contributed by atoms with Gasteiger partial charge in [0.2, 0.25) is 5.95 Å². The highest BCUT2D eigenvalue weighted by Crippen LogP contribution is 2.29. The molecule has 0 aliphatic heterocycles. The summed E-state index contributed by atoms with van der Waals surface area (Å²) in [5.74, 6) is -0.901. The summed E-state index contributed by atoms with van der Waals surface area (Å²) >= 11 is 5.78. The standard InChI is InChI=1S/C14H10ClF2N3/c1-7-5-12-10(6-9(7)16)19-14(18)20(12)11-4-2-3-8(15)13(11)17/h2-6H,1H3,(H2,18,19). The number of anilines is 1. The van der Waals surface area contributed by atoms with Crippen molar-refractivity contribution < 1.29 is 8.78 Å². The van der Waals surface area contributed by atoms with E-state index in [2.05, 4.69) is 4.98 Å². The minimum Gasteiger partial charge on any atom is -0.369 e. The lowest BCUT2D eigenvalue weighted by molar-refractivity contribution is 0.619. The van der Waals surface area contributed by atoms with Crippen molar-refractivity contribution in [2.45, 2.75) is 6.92 Å². The molecule has 0 fully saturated rings. The van der Waals surface area contributed by atoms with Crippen LogP contribution in [0.4, 0.5) is 14.7 Å². The molecule has 0 aliphatic rings. The van der Waals surface area contributed by atoms with Gasteiger partial charge in [-0.2, -0.15) is 0 Å². The molecule has 0 bridgehead atoms. The third-order valence-electron chi connectivity index (χ3n) is 3.13. The molecule has 0 saturated carbocycles. The molecule has 6 heteroatoms. The monoisotopic (exact) mass is 293 g/mol. The maximum atomic E-state index is 14.1. The first kappa shape index (κ1) is 12.9. The zero-order valence-corrected chi connectivity index (χ0v) is 11.2. The minimum atomic E-state index is -0.595. The molecule has 0 radical (unpaired) electrons. The smallest absolute Gasteiger partial charge is 0.206 e. The topological polar surface area (TPSA) is 43.8 Å². The molecule has 0 aliphatic carbocycles. The predicted molar refractivity (Wildman–Crippen MR) is 75.1 cm³/mol. The van der Waals surface area contributed by atoms with Crippen LogP contribution in [0.3, 0.4) is 0 Å². The third-order valence-corrected chi connectivity index (χ3v) is 3.42. The van der Waals surface area contributed by atoms with E-state index in [1.165, 1.54) is 22.8 Å². The SMILES string of the molecule is Cc1cc2c(cc1F)nc(N)n2-c1cccc(Cl)c1F. The molecule has 20 heavy (non-hydrogen) atoms. The van der Waals surface area contributed by atoms with Crippen molar-refractivity contribution in [2.75, 3.05) is 5.73 Å². The van der Waals surface area contributed by atoms with Crippen molar-refractivity contribution in [3.05, 3.63) is 52.6 Å². The molecule has 3 nitrogen and oxygen atoms in total. The van der Waals surface area contributed by atoms with Gasteiger partial charge in [-0.05, 0) is 30.7 Å². The molecule has 2 aromatic carbocycles. The fourth-order valence-corrected chi connectivity index (χ4v) is 2.31. The average Bonchev–Trinajstić information content (AvgIpc) is 2.69. The summed E-state index contributed by atoms with van der Waals surface area (Å²) in [5, 5.41) is -0.0115. The zero-order valence-electron chi connectivity index (χ0n) is 10.5. The number of nitrogens with zero attached hydrogens (tertiary/aromatic N) is 2. The Morgan fingerprint density at radius 1 is 1.25 bits per heavy atom. The van der Waals surface area contributed by atoms with Crippen LogP contribution in [0.25, 0.3) is 16.7 Å². The Labute approximate surface area is 118 Å². The van der Waals surface area contributed by atoms with Crippen molar-refractivity contribution in [1.82, 2.24) is 9.55 Å². The van der Waals surface area contributed by atoms with Crippen LogP contribution in [-0.4, -0.2) is 9.55 Å². The number of halogens is 3. The molecule has 3 aromatic rings. The van der Waals surface area contributed by atoms with Gasteiger partial charge in [0, 0.05) is 6.07 Å². The Balaban J connectivity index is 2.39. The molecule has 0 amide bonds. The van der Waals surface area contributed by atoms with Gasteiger partial charge in [0.15, 0.2) is 5.82 Å². The van der Waals surface area contributed by atoms with E-state index >= 15 is 0 Å². The van der Waals surface area contributed by atoms with E-state index in [4.69, 9.17) is 17.3 Å². The molecule has 3 rings (SSSR count). The van der Waals surface area contributed by atoms with E-state index in [0.717, 1.165) is 0 Å². The second kappa shape index (κ2) is 4.45. The fourth-order valence-electron chi connectivity index (χ4n) is 2.14. The highest BCUT2D eigenvalue weighted by atomic mass is 35.5. The second-order valence-corrected chi connectivity index (χ2v) is 4.88. The molecule has 1 aromatic heterocycles. The summed E-state index contributed by atoms with van der Waals surface area (Å²) < 4.78 is 29.1. The molecule has 2 N–H and O–H groups in total. The molecule has 0 atom stereocenters. The van der Waals surface area contributed by atoms with Crippen LogP contribution in [0.2, 0.25) is 5.02 Å². The highest BCUT2D eigenvalue weighted by molar-refractivity contribution is 6.30. The van der Waals surface area contributed by atoms with Crippen LogP contribution in [0.1, 0.15) is 5.56 Å². The lowest BCUT2D eigenvalue weighted by Gasteiger charge is -2.09. The van der Waals surface area contributed by atoms with E-state index in [9.17, 15) is 8.78 Å². The highest BCUT2D eigenvalue weighted by Gasteiger charge is 2.16. The van der Waals surface area contributed by atoms with E-state index in [-0.39, 0.29) is 22.5 Å². The minimum absolute atomic E-state index is 0.0115. The summed E-state index contributed by atoms with van der Waals surface area (Å²) in [4.78, 5) is 4.05. The molecule has 0 saturated heterocycles. The van der Waals surface area contributed by atoms with Crippen molar-refractivity contribution in [1.29, 1.82) is 0 Å². The molecule has 0 spiro atoms. The van der Waals surface area contributed by atoms with E-state index < -0.39 is 5.82 Å². The normalized spacial score (nSPS) is 11.2. The summed E-state index contributed by atoms with van der Waals surface area (Å²) in [6, 6.07) is 7.45. The Bertz CT molecular complexity index is 827. The molecular weight excluding hydrogens is 284 g/mol. The van der Waals surface area contributed by atoms with Crippen molar-refractivity contribution in [2.24, 2.45) is 0 Å². The first-order valence-electron chi connectivity index (χ1n) is 5.87. The van der Waals surface area contributed by atoms with E-state index in [1.807, 2.05) is 0 Å².